The standard InChI is InChI=1S/C15H19BrFNO/c1-15(2)7-5-11(6-8-15)18-14(19)12-4-3-10(16)9-13(12)17/h3-4,9,11H,5-8H2,1-2H3,(H,18,19). The van der Waals surface area contributed by atoms with Gasteiger partial charge in [-0.1, -0.05) is 29.8 Å². The van der Waals surface area contributed by atoms with Crippen molar-refractivity contribution in [3.8, 4) is 0 Å². The molecular weight excluding hydrogens is 309 g/mol. The fourth-order valence-electron chi connectivity index (χ4n) is 2.48. The van der Waals surface area contributed by atoms with Gasteiger partial charge in [-0.15, -0.1) is 0 Å². The van der Waals surface area contributed by atoms with Crippen LogP contribution in [-0.4, -0.2) is 11.9 Å². The molecule has 0 unspecified atom stereocenters. The van der Waals surface area contributed by atoms with E-state index in [0.717, 1.165) is 25.7 Å². The van der Waals surface area contributed by atoms with Gasteiger partial charge >= 0.3 is 0 Å². The quantitative estimate of drug-likeness (QED) is 0.862. The van der Waals surface area contributed by atoms with Crippen molar-refractivity contribution in [2.75, 3.05) is 0 Å². The average Bonchev–Trinajstić information content (AvgIpc) is 2.31. The van der Waals surface area contributed by atoms with Crippen molar-refractivity contribution in [3.63, 3.8) is 0 Å². The Morgan fingerprint density at radius 2 is 2.00 bits per heavy atom. The molecule has 0 heterocycles. The molecule has 1 aliphatic rings. The molecule has 1 aliphatic carbocycles. The highest BCUT2D eigenvalue weighted by atomic mass is 79.9. The lowest BCUT2D eigenvalue weighted by molar-refractivity contribution is 0.0905. The van der Waals surface area contributed by atoms with Crippen LogP contribution in [0.1, 0.15) is 49.9 Å². The third kappa shape index (κ3) is 3.78. The second-order valence-electron chi connectivity index (χ2n) is 6.04. The fraction of sp³-hybridized carbons (Fsp3) is 0.533. The van der Waals surface area contributed by atoms with Gasteiger partial charge in [-0.25, -0.2) is 4.39 Å². The van der Waals surface area contributed by atoms with Crippen LogP contribution < -0.4 is 5.32 Å². The van der Waals surface area contributed by atoms with E-state index in [1.54, 1.807) is 6.07 Å². The summed E-state index contributed by atoms with van der Waals surface area (Å²) in [5, 5.41) is 2.94. The van der Waals surface area contributed by atoms with E-state index >= 15 is 0 Å². The summed E-state index contributed by atoms with van der Waals surface area (Å²) in [5.74, 6) is -0.794. The lowest BCUT2D eigenvalue weighted by atomic mass is 9.75. The molecular formula is C15H19BrFNO. The van der Waals surface area contributed by atoms with E-state index in [4.69, 9.17) is 0 Å². The highest BCUT2D eigenvalue weighted by Crippen LogP contribution is 2.35. The van der Waals surface area contributed by atoms with Gasteiger partial charge in [0.05, 0.1) is 5.56 Å². The van der Waals surface area contributed by atoms with Gasteiger partial charge in [-0.05, 0) is 49.3 Å². The molecule has 1 aromatic carbocycles. The van der Waals surface area contributed by atoms with Gasteiger partial charge in [0.15, 0.2) is 0 Å². The molecule has 1 N–H and O–H groups in total. The number of hydrogen-bond acceptors (Lipinski definition) is 1. The summed E-state index contributed by atoms with van der Waals surface area (Å²) in [4.78, 5) is 12.0. The molecule has 0 atom stereocenters. The Bertz CT molecular complexity index is 477. The van der Waals surface area contributed by atoms with Crippen molar-refractivity contribution in [1.29, 1.82) is 0 Å². The zero-order valence-electron chi connectivity index (χ0n) is 11.3. The summed E-state index contributed by atoms with van der Waals surface area (Å²) in [5.41, 5.74) is 0.484. The molecule has 2 nitrogen and oxygen atoms in total. The number of nitrogens with one attached hydrogen (secondary N) is 1. The van der Waals surface area contributed by atoms with Crippen molar-refractivity contribution in [2.24, 2.45) is 5.41 Å². The highest BCUT2D eigenvalue weighted by molar-refractivity contribution is 9.10. The van der Waals surface area contributed by atoms with Gasteiger partial charge in [0.2, 0.25) is 0 Å². The topological polar surface area (TPSA) is 29.1 Å². The van der Waals surface area contributed by atoms with Crippen molar-refractivity contribution >= 4 is 21.8 Å². The van der Waals surface area contributed by atoms with Gasteiger partial charge < -0.3 is 5.32 Å². The van der Waals surface area contributed by atoms with Crippen LogP contribution in [0.25, 0.3) is 0 Å². The molecule has 0 aromatic heterocycles. The second kappa shape index (κ2) is 5.61. The van der Waals surface area contributed by atoms with Crippen LogP contribution in [0.5, 0.6) is 0 Å². The van der Waals surface area contributed by atoms with Crippen molar-refractivity contribution < 1.29 is 9.18 Å². The maximum Gasteiger partial charge on any atom is 0.254 e. The average molecular weight is 328 g/mol. The smallest absolute Gasteiger partial charge is 0.254 e. The Hall–Kier alpha value is -0.900. The van der Waals surface area contributed by atoms with Crippen LogP contribution in [0.4, 0.5) is 4.39 Å². The Balaban J connectivity index is 1.98. The zero-order valence-corrected chi connectivity index (χ0v) is 12.9. The number of rotatable bonds is 2. The van der Waals surface area contributed by atoms with Crippen molar-refractivity contribution in [3.05, 3.63) is 34.1 Å². The van der Waals surface area contributed by atoms with Crippen LogP contribution in [0.15, 0.2) is 22.7 Å². The van der Waals surface area contributed by atoms with Crippen molar-refractivity contribution in [2.45, 2.75) is 45.6 Å². The number of amides is 1. The highest BCUT2D eigenvalue weighted by Gasteiger charge is 2.28. The third-order valence-electron chi connectivity index (χ3n) is 3.85. The van der Waals surface area contributed by atoms with Gasteiger partial charge in [0.1, 0.15) is 5.82 Å². The molecule has 1 amide bonds. The number of halogens is 2. The SMILES string of the molecule is CC1(C)CCC(NC(=O)c2ccc(Br)cc2F)CC1. The summed E-state index contributed by atoms with van der Waals surface area (Å²) in [7, 11) is 0. The maximum atomic E-state index is 13.7. The Morgan fingerprint density at radius 3 is 2.58 bits per heavy atom. The minimum absolute atomic E-state index is 0.119. The zero-order chi connectivity index (χ0) is 14.0. The maximum absolute atomic E-state index is 13.7. The number of benzene rings is 1. The van der Waals surface area contributed by atoms with E-state index in [1.165, 1.54) is 12.1 Å². The van der Waals surface area contributed by atoms with Crippen LogP contribution >= 0.6 is 15.9 Å². The van der Waals surface area contributed by atoms with Crippen LogP contribution in [0.2, 0.25) is 0 Å². The number of carbonyl (C=O) groups is 1. The number of hydrogen-bond donors (Lipinski definition) is 1. The molecule has 1 aromatic rings. The molecule has 104 valence electrons. The first-order valence-corrected chi connectivity index (χ1v) is 7.43. The predicted octanol–water partition coefficient (Wildman–Crippen LogP) is 4.29. The number of carbonyl (C=O) groups excluding carboxylic acids is 1. The Kier molecular flexibility index (Phi) is 4.29. The molecule has 4 heteroatoms. The summed E-state index contributed by atoms with van der Waals surface area (Å²) < 4.78 is 14.3. The molecule has 0 radical (unpaired) electrons. The molecule has 1 fully saturated rings. The first-order valence-electron chi connectivity index (χ1n) is 6.63. The van der Waals surface area contributed by atoms with E-state index in [2.05, 4.69) is 35.1 Å². The second-order valence-corrected chi connectivity index (χ2v) is 6.95. The molecule has 0 saturated heterocycles. The first kappa shape index (κ1) is 14.5. The minimum Gasteiger partial charge on any atom is -0.349 e. The van der Waals surface area contributed by atoms with E-state index < -0.39 is 5.82 Å². The van der Waals surface area contributed by atoms with Gasteiger partial charge in [0.25, 0.3) is 5.91 Å². The van der Waals surface area contributed by atoms with Gasteiger partial charge in [-0.2, -0.15) is 0 Å². The molecule has 2 rings (SSSR count). The van der Waals surface area contributed by atoms with Gasteiger partial charge in [-0.3, -0.25) is 4.79 Å². The summed E-state index contributed by atoms with van der Waals surface area (Å²) >= 11 is 3.18. The van der Waals surface area contributed by atoms with E-state index in [1.807, 2.05) is 0 Å². The first-order chi connectivity index (χ1) is 8.87. The molecule has 1 saturated carbocycles. The summed E-state index contributed by atoms with van der Waals surface area (Å²) in [6.45, 7) is 4.50. The summed E-state index contributed by atoms with van der Waals surface area (Å²) in [6, 6.07) is 4.69. The molecule has 0 aliphatic heterocycles. The normalized spacial score (nSPS) is 19.2. The van der Waals surface area contributed by atoms with E-state index in [0.29, 0.717) is 9.89 Å². The third-order valence-corrected chi connectivity index (χ3v) is 4.34. The Morgan fingerprint density at radius 1 is 1.37 bits per heavy atom. The fourth-order valence-corrected chi connectivity index (χ4v) is 2.81. The van der Waals surface area contributed by atoms with Crippen LogP contribution in [0, 0.1) is 11.2 Å². The lowest BCUT2D eigenvalue weighted by Gasteiger charge is -2.34. The molecule has 19 heavy (non-hydrogen) atoms. The van der Waals surface area contributed by atoms with Gasteiger partial charge in [0, 0.05) is 10.5 Å². The van der Waals surface area contributed by atoms with Crippen molar-refractivity contribution in [1.82, 2.24) is 5.32 Å². The van der Waals surface area contributed by atoms with E-state index in [9.17, 15) is 9.18 Å². The van der Waals surface area contributed by atoms with Crippen LogP contribution in [0.3, 0.4) is 0 Å². The largest absolute Gasteiger partial charge is 0.349 e. The lowest BCUT2D eigenvalue weighted by Crippen LogP contribution is -2.39. The monoisotopic (exact) mass is 327 g/mol. The van der Waals surface area contributed by atoms with Crippen LogP contribution in [-0.2, 0) is 0 Å². The molecule has 0 bridgehead atoms. The van der Waals surface area contributed by atoms with E-state index in [-0.39, 0.29) is 17.5 Å². The Labute approximate surface area is 121 Å². The minimum atomic E-state index is -0.483. The predicted molar refractivity (Wildman–Crippen MR) is 77.6 cm³/mol. The summed E-state index contributed by atoms with van der Waals surface area (Å²) in [6.07, 6.45) is 4.13. The molecule has 0 spiro atoms.